The normalized spacial score (nSPS) is 15.4. The summed E-state index contributed by atoms with van der Waals surface area (Å²) in [5, 5.41) is 2.91. The Hall–Kier alpha value is -2.45. The first kappa shape index (κ1) is 21.3. The smallest absolute Gasteiger partial charge is 0.261 e. The standard InChI is InChI=1S/C21H28N4O3S/c26-21(23-12-5-17-25-15-3-1-2-4-16-25)18-6-8-20(9-7-18)29(27,28)24-19-10-13-22-14-11-19/h6-11,13-14H,1-5,12,15-17H2,(H,22,24)(H,23,26). The van der Waals surface area contributed by atoms with Gasteiger partial charge in [-0.2, -0.15) is 0 Å². The van der Waals surface area contributed by atoms with Gasteiger partial charge in [-0.1, -0.05) is 12.8 Å². The molecule has 8 heteroatoms. The minimum absolute atomic E-state index is 0.104. The third-order valence-electron chi connectivity index (χ3n) is 4.99. The third kappa shape index (κ3) is 6.54. The molecule has 1 aliphatic rings. The van der Waals surface area contributed by atoms with E-state index in [1.807, 2.05) is 0 Å². The Kier molecular flexibility index (Phi) is 7.60. The number of amides is 1. The van der Waals surface area contributed by atoms with E-state index in [0.717, 1.165) is 26.1 Å². The second-order valence-corrected chi connectivity index (χ2v) is 8.91. The van der Waals surface area contributed by atoms with Crippen LogP contribution in [0, 0.1) is 0 Å². The van der Waals surface area contributed by atoms with Gasteiger partial charge in [-0.05, 0) is 75.3 Å². The number of nitrogens with zero attached hydrogens (tertiary/aromatic N) is 2. The van der Waals surface area contributed by atoms with E-state index in [2.05, 4.69) is 19.9 Å². The maximum Gasteiger partial charge on any atom is 0.261 e. The zero-order chi connectivity index (χ0) is 20.5. The number of benzene rings is 1. The monoisotopic (exact) mass is 416 g/mol. The van der Waals surface area contributed by atoms with Crippen LogP contribution >= 0.6 is 0 Å². The van der Waals surface area contributed by atoms with Gasteiger partial charge >= 0.3 is 0 Å². The molecule has 0 bridgehead atoms. The van der Waals surface area contributed by atoms with Crippen LogP contribution in [0.5, 0.6) is 0 Å². The summed E-state index contributed by atoms with van der Waals surface area (Å²) in [4.78, 5) is 18.7. The Labute approximate surface area is 172 Å². The van der Waals surface area contributed by atoms with Crippen molar-refractivity contribution in [2.45, 2.75) is 37.0 Å². The van der Waals surface area contributed by atoms with Crippen LogP contribution in [0.2, 0.25) is 0 Å². The number of pyridine rings is 1. The Morgan fingerprint density at radius 3 is 2.28 bits per heavy atom. The maximum absolute atomic E-state index is 12.4. The van der Waals surface area contributed by atoms with E-state index in [1.54, 1.807) is 12.1 Å². The number of hydrogen-bond donors (Lipinski definition) is 2. The summed E-state index contributed by atoms with van der Waals surface area (Å²) in [6, 6.07) is 9.10. The molecule has 0 aliphatic carbocycles. The lowest BCUT2D eigenvalue weighted by atomic mass is 10.2. The number of aromatic nitrogens is 1. The van der Waals surface area contributed by atoms with Gasteiger partial charge in [0.15, 0.2) is 0 Å². The van der Waals surface area contributed by atoms with E-state index in [9.17, 15) is 13.2 Å². The molecular weight excluding hydrogens is 388 g/mol. The van der Waals surface area contributed by atoms with Gasteiger partial charge in [-0.25, -0.2) is 8.42 Å². The molecular formula is C21H28N4O3S. The molecule has 2 N–H and O–H groups in total. The van der Waals surface area contributed by atoms with Crippen LogP contribution in [-0.4, -0.2) is 50.4 Å². The number of carbonyl (C=O) groups excluding carboxylic acids is 1. The van der Waals surface area contributed by atoms with Crippen LogP contribution in [0.1, 0.15) is 42.5 Å². The fourth-order valence-corrected chi connectivity index (χ4v) is 4.44. The molecule has 1 aromatic heterocycles. The maximum atomic E-state index is 12.4. The van der Waals surface area contributed by atoms with E-state index in [4.69, 9.17) is 0 Å². The van der Waals surface area contributed by atoms with Gasteiger partial charge in [0.2, 0.25) is 0 Å². The van der Waals surface area contributed by atoms with E-state index >= 15 is 0 Å². The molecule has 3 rings (SSSR count). The number of sulfonamides is 1. The first-order valence-corrected chi connectivity index (χ1v) is 11.6. The van der Waals surface area contributed by atoms with Crippen LogP contribution in [0.4, 0.5) is 5.69 Å². The van der Waals surface area contributed by atoms with E-state index in [1.165, 1.54) is 62.3 Å². The fourth-order valence-electron chi connectivity index (χ4n) is 3.39. The Bertz CT molecular complexity index is 878. The van der Waals surface area contributed by atoms with Gasteiger partial charge < -0.3 is 10.2 Å². The number of likely N-dealkylation sites (tertiary alicyclic amines) is 1. The average Bonchev–Trinajstić information content (AvgIpc) is 3.00. The molecule has 7 nitrogen and oxygen atoms in total. The average molecular weight is 417 g/mol. The molecule has 0 unspecified atom stereocenters. The third-order valence-corrected chi connectivity index (χ3v) is 6.39. The minimum Gasteiger partial charge on any atom is -0.352 e. The van der Waals surface area contributed by atoms with Crippen molar-refractivity contribution >= 4 is 21.6 Å². The highest BCUT2D eigenvalue weighted by molar-refractivity contribution is 7.92. The summed E-state index contributed by atoms with van der Waals surface area (Å²) in [5.74, 6) is -0.188. The fraction of sp³-hybridized carbons (Fsp3) is 0.429. The molecule has 1 amide bonds. The van der Waals surface area contributed by atoms with Crippen LogP contribution in [-0.2, 0) is 10.0 Å². The number of carbonyl (C=O) groups is 1. The minimum atomic E-state index is -3.71. The highest BCUT2D eigenvalue weighted by Crippen LogP contribution is 2.16. The highest BCUT2D eigenvalue weighted by Gasteiger charge is 2.15. The van der Waals surface area contributed by atoms with Crippen molar-refractivity contribution in [2.75, 3.05) is 30.9 Å². The molecule has 0 radical (unpaired) electrons. The summed E-state index contributed by atoms with van der Waals surface area (Å²) in [6.45, 7) is 3.91. The molecule has 0 saturated carbocycles. The lowest BCUT2D eigenvalue weighted by molar-refractivity contribution is 0.0951. The zero-order valence-electron chi connectivity index (χ0n) is 16.5. The number of rotatable bonds is 8. The van der Waals surface area contributed by atoms with Crippen molar-refractivity contribution in [3.63, 3.8) is 0 Å². The molecule has 0 spiro atoms. The van der Waals surface area contributed by atoms with Crippen molar-refractivity contribution in [2.24, 2.45) is 0 Å². The number of nitrogens with one attached hydrogen (secondary N) is 2. The van der Waals surface area contributed by atoms with Crippen molar-refractivity contribution in [3.05, 3.63) is 54.4 Å². The molecule has 29 heavy (non-hydrogen) atoms. The Morgan fingerprint density at radius 2 is 1.62 bits per heavy atom. The van der Waals surface area contributed by atoms with Gasteiger partial charge in [-0.15, -0.1) is 0 Å². The van der Waals surface area contributed by atoms with Gasteiger partial charge in [0.1, 0.15) is 0 Å². The van der Waals surface area contributed by atoms with Gasteiger partial charge in [-0.3, -0.25) is 14.5 Å². The van der Waals surface area contributed by atoms with Crippen molar-refractivity contribution < 1.29 is 13.2 Å². The molecule has 2 heterocycles. The van der Waals surface area contributed by atoms with E-state index in [-0.39, 0.29) is 10.8 Å². The molecule has 2 aromatic rings. The summed E-state index contributed by atoms with van der Waals surface area (Å²) < 4.78 is 27.4. The lowest BCUT2D eigenvalue weighted by Crippen LogP contribution is -2.30. The highest BCUT2D eigenvalue weighted by atomic mass is 32.2. The van der Waals surface area contributed by atoms with Gasteiger partial charge in [0, 0.05) is 24.5 Å². The molecule has 1 aliphatic heterocycles. The van der Waals surface area contributed by atoms with Crippen molar-refractivity contribution in [1.29, 1.82) is 0 Å². The van der Waals surface area contributed by atoms with E-state index in [0.29, 0.717) is 17.8 Å². The van der Waals surface area contributed by atoms with Gasteiger partial charge in [0.05, 0.1) is 10.6 Å². The first-order chi connectivity index (χ1) is 14.0. The summed E-state index contributed by atoms with van der Waals surface area (Å²) >= 11 is 0. The second-order valence-electron chi connectivity index (χ2n) is 7.23. The predicted octanol–water partition coefficient (Wildman–Crippen LogP) is 2.88. The van der Waals surface area contributed by atoms with Crippen molar-refractivity contribution in [3.8, 4) is 0 Å². The SMILES string of the molecule is O=C(NCCCN1CCCCCC1)c1ccc(S(=O)(=O)Nc2ccncc2)cc1. The summed E-state index contributed by atoms with van der Waals surface area (Å²) in [7, 11) is -3.71. The van der Waals surface area contributed by atoms with Crippen LogP contribution in [0.3, 0.4) is 0 Å². The first-order valence-electron chi connectivity index (χ1n) is 10.1. The molecule has 1 aromatic carbocycles. The molecule has 1 fully saturated rings. The topological polar surface area (TPSA) is 91.4 Å². The van der Waals surface area contributed by atoms with Crippen LogP contribution in [0.25, 0.3) is 0 Å². The van der Waals surface area contributed by atoms with Gasteiger partial charge in [0.25, 0.3) is 15.9 Å². The Balaban J connectivity index is 1.48. The number of hydrogen-bond acceptors (Lipinski definition) is 5. The zero-order valence-corrected chi connectivity index (χ0v) is 17.3. The Morgan fingerprint density at radius 1 is 0.966 bits per heavy atom. The molecule has 156 valence electrons. The van der Waals surface area contributed by atoms with Crippen LogP contribution in [0.15, 0.2) is 53.7 Å². The van der Waals surface area contributed by atoms with E-state index < -0.39 is 10.0 Å². The summed E-state index contributed by atoms with van der Waals surface area (Å²) in [6.07, 6.45) is 9.09. The predicted molar refractivity (Wildman–Crippen MR) is 113 cm³/mol. The number of anilines is 1. The van der Waals surface area contributed by atoms with Crippen LogP contribution < -0.4 is 10.0 Å². The molecule has 0 atom stereocenters. The van der Waals surface area contributed by atoms with Crippen molar-refractivity contribution in [1.82, 2.24) is 15.2 Å². The second kappa shape index (κ2) is 10.4. The lowest BCUT2D eigenvalue weighted by Gasteiger charge is -2.19. The summed E-state index contributed by atoms with van der Waals surface area (Å²) in [5.41, 5.74) is 0.883. The quantitative estimate of drug-likeness (QED) is 0.646. The largest absolute Gasteiger partial charge is 0.352 e. The molecule has 1 saturated heterocycles.